The molecule has 1 aliphatic rings. The van der Waals surface area contributed by atoms with Gasteiger partial charge in [0.1, 0.15) is 12.4 Å². The van der Waals surface area contributed by atoms with Gasteiger partial charge in [0.2, 0.25) is 0 Å². The Morgan fingerprint density at radius 3 is 2.70 bits per heavy atom. The molecule has 2 aromatic rings. The summed E-state index contributed by atoms with van der Waals surface area (Å²) in [6, 6.07) is 13.0. The van der Waals surface area contributed by atoms with Gasteiger partial charge in [-0.05, 0) is 47.9 Å². The summed E-state index contributed by atoms with van der Waals surface area (Å²) in [6.07, 6.45) is 2.00. The number of ether oxygens (including phenoxy) is 1. The SMILES string of the molecule is Cc1ccccc1C1=CCOc2ccc(C(=O)O)cc21. The van der Waals surface area contributed by atoms with Crippen LogP contribution in [-0.4, -0.2) is 17.7 Å². The average molecular weight is 266 g/mol. The van der Waals surface area contributed by atoms with E-state index in [4.69, 9.17) is 9.84 Å². The van der Waals surface area contributed by atoms with Crippen molar-refractivity contribution in [2.45, 2.75) is 6.92 Å². The first-order valence-electron chi connectivity index (χ1n) is 6.43. The Morgan fingerprint density at radius 2 is 1.95 bits per heavy atom. The number of rotatable bonds is 2. The minimum atomic E-state index is -0.928. The normalized spacial score (nSPS) is 13.2. The second kappa shape index (κ2) is 4.85. The second-order valence-corrected chi connectivity index (χ2v) is 4.76. The van der Waals surface area contributed by atoms with E-state index in [-0.39, 0.29) is 5.56 Å². The van der Waals surface area contributed by atoms with E-state index in [0.29, 0.717) is 6.61 Å². The molecule has 0 saturated heterocycles. The van der Waals surface area contributed by atoms with Crippen LogP contribution in [0.15, 0.2) is 48.5 Å². The Bertz CT molecular complexity index is 714. The van der Waals surface area contributed by atoms with Crippen molar-refractivity contribution in [2.24, 2.45) is 0 Å². The lowest BCUT2D eigenvalue weighted by atomic mass is 9.91. The van der Waals surface area contributed by atoms with Gasteiger partial charge in [0, 0.05) is 5.56 Å². The highest BCUT2D eigenvalue weighted by atomic mass is 16.5. The fourth-order valence-corrected chi connectivity index (χ4v) is 2.45. The molecule has 20 heavy (non-hydrogen) atoms. The summed E-state index contributed by atoms with van der Waals surface area (Å²) in [6.45, 7) is 2.55. The molecule has 0 aromatic heterocycles. The lowest BCUT2D eigenvalue weighted by Crippen LogP contribution is -2.08. The highest BCUT2D eigenvalue weighted by molar-refractivity contribution is 5.92. The van der Waals surface area contributed by atoms with Crippen molar-refractivity contribution >= 4 is 11.5 Å². The predicted octanol–water partition coefficient (Wildman–Crippen LogP) is 3.52. The van der Waals surface area contributed by atoms with Crippen LogP contribution < -0.4 is 4.74 Å². The molecule has 0 radical (unpaired) electrons. The summed E-state index contributed by atoms with van der Waals surface area (Å²) in [4.78, 5) is 11.1. The molecular weight excluding hydrogens is 252 g/mol. The van der Waals surface area contributed by atoms with Crippen molar-refractivity contribution in [1.29, 1.82) is 0 Å². The zero-order chi connectivity index (χ0) is 14.1. The van der Waals surface area contributed by atoms with E-state index in [9.17, 15) is 4.79 Å². The standard InChI is InChI=1S/C17H14O3/c1-11-4-2-3-5-13(11)14-8-9-20-16-7-6-12(17(18)19)10-15(14)16/h2-8,10H,9H2,1H3,(H,18,19). The third-order valence-corrected chi connectivity index (χ3v) is 3.48. The first-order valence-corrected chi connectivity index (χ1v) is 6.43. The number of benzene rings is 2. The number of carbonyl (C=O) groups is 1. The van der Waals surface area contributed by atoms with Gasteiger partial charge < -0.3 is 9.84 Å². The highest BCUT2D eigenvalue weighted by Gasteiger charge is 2.18. The van der Waals surface area contributed by atoms with Crippen molar-refractivity contribution in [3.05, 3.63) is 70.8 Å². The molecule has 0 unspecified atom stereocenters. The third-order valence-electron chi connectivity index (χ3n) is 3.48. The first kappa shape index (κ1) is 12.5. The number of hydrogen-bond donors (Lipinski definition) is 1. The van der Waals surface area contributed by atoms with Crippen LogP contribution in [0, 0.1) is 6.92 Å². The van der Waals surface area contributed by atoms with Crippen molar-refractivity contribution in [1.82, 2.24) is 0 Å². The van der Waals surface area contributed by atoms with E-state index in [1.807, 2.05) is 37.3 Å². The van der Waals surface area contributed by atoms with Gasteiger partial charge in [0.25, 0.3) is 0 Å². The molecule has 3 heteroatoms. The Hall–Kier alpha value is -2.55. The smallest absolute Gasteiger partial charge is 0.335 e. The van der Waals surface area contributed by atoms with Gasteiger partial charge in [-0.1, -0.05) is 24.3 Å². The molecule has 0 atom stereocenters. The predicted molar refractivity (Wildman–Crippen MR) is 77.2 cm³/mol. The Balaban J connectivity index is 2.17. The van der Waals surface area contributed by atoms with E-state index in [1.165, 1.54) is 0 Å². The van der Waals surface area contributed by atoms with E-state index in [0.717, 1.165) is 28.0 Å². The molecule has 0 saturated carbocycles. The molecular formula is C17H14O3. The molecule has 1 heterocycles. The summed E-state index contributed by atoms with van der Waals surface area (Å²) < 4.78 is 5.58. The van der Waals surface area contributed by atoms with E-state index in [2.05, 4.69) is 0 Å². The van der Waals surface area contributed by atoms with Crippen LogP contribution in [0.5, 0.6) is 5.75 Å². The van der Waals surface area contributed by atoms with Gasteiger partial charge in [-0.25, -0.2) is 4.79 Å². The fraction of sp³-hybridized carbons (Fsp3) is 0.118. The van der Waals surface area contributed by atoms with Gasteiger partial charge in [-0.2, -0.15) is 0 Å². The highest BCUT2D eigenvalue weighted by Crippen LogP contribution is 2.36. The van der Waals surface area contributed by atoms with Gasteiger partial charge in [0.05, 0.1) is 5.56 Å². The van der Waals surface area contributed by atoms with E-state index in [1.54, 1.807) is 18.2 Å². The maximum atomic E-state index is 11.1. The molecule has 100 valence electrons. The van der Waals surface area contributed by atoms with Crippen LogP contribution in [0.25, 0.3) is 5.57 Å². The molecule has 0 bridgehead atoms. The van der Waals surface area contributed by atoms with Crippen LogP contribution in [0.2, 0.25) is 0 Å². The van der Waals surface area contributed by atoms with Gasteiger partial charge >= 0.3 is 5.97 Å². The molecule has 3 nitrogen and oxygen atoms in total. The summed E-state index contributed by atoms with van der Waals surface area (Å²) >= 11 is 0. The monoisotopic (exact) mass is 266 g/mol. The number of carboxylic acid groups (broad SMARTS) is 1. The molecule has 2 aromatic carbocycles. The maximum absolute atomic E-state index is 11.1. The molecule has 1 N–H and O–H groups in total. The topological polar surface area (TPSA) is 46.5 Å². The number of aryl methyl sites for hydroxylation is 1. The first-order chi connectivity index (χ1) is 9.66. The Labute approximate surface area is 117 Å². The quantitative estimate of drug-likeness (QED) is 0.904. The van der Waals surface area contributed by atoms with Crippen LogP contribution in [0.3, 0.4) is 0 Å². The Kier molecular flexibility index (Phi) is 3.03. The van der Waals surface area contributed by atoms with Crippen LogP contribution >= 0.6 is 0 Å². The lowest BCUT2D eigenvalue weighted by Gasteiger charge is -2.20. The molecule has 0 amide bonds. The minimum Gasteiger partial charge on any atom is -0.489 e. The summed E-state index contributed by atoms with van der Waals surface area (Å²) in [5.74, 6) is -0.196. The van der Waals surface area contributed by atoms with Gasteiger partial charge in [-0.15, -0.1) is 0 Å². The minimum absolute atomic E-state index is 0.272. The summed E-state index contributed by atoms with van der Waals surface area (Å²) in [7, 11) is 0. The van der Waals surface area contributed by atoms with Crippen molar-refractivity contribution in [3.8, 4) is 5.75 Å². The third kappa shape index (κ3) is 2.07. The summed E-state index contributed by atoms with van der Waals surface area (Å²) in [5, 5.41) is 9.14. The van der Waals surface area contributed by atoms with E-state index < -0.39 is 5.97 Å². The van der Waals surface area contributed by atoms with Gasteiger partial charge in [0.15, 0.2) is 0 Å². The van der Waals surface area contributed by atoms with Crippen LogP contribution in [0.4, 0.5) is 0 Å². The number of hydrogen-bond acceptors (Lipinski definition) is 2. The zero-order valence-electron chi connectivity index (χ0n) is 11.1. The molecule has 0 aliphatic carbocycles. The zero-order valence-corrected chi connectivity index (χ0v) is 11.1. The molecule has 0 fully saturated rings. The van der Waals surface area contributed by atoms with Crippen LogP contribution in [-0.2, 0) is 0 Å². The molecule has 3 rings (SSSR count). The lowest BCUT2D eigenvalue weighted by molar-refractivity contribution is 0.0697. The van der Waals surface area contributed by atoms with Crippen LogP contribution in [0.1, 0.15) is 27.0 Å². The maximum Gasteiger partial charge on any atom is 0.335 e. The Morgan fingerprint density at radius 1 is 1.15 bits per heavy atom. The van der Waals surface area contributed by atoms with Gasteiger partial charge in [-0.3, -0.25) is 0 Å². The molecule has 0 spiro atoms. The van der Waals surface area contributed by atoms with E-state index >= 15 is 0 Å². The average Bonchev–Trinajstić information content (AvgIpc) is 2.46. The second-order valence-electron chi connectivity index (χ2n) is 4.76. The number of aromatic carboxylic acids is 1. The molecule has 1 aliphatic heterocycles. The number of carboxylic acids is 1. The fourth-order valence-electron chi connectivity index (χ4n) is 2.45. The van der Waals surface area contributed by atoms with Crippen molar-refractivity contribution < 1.29 is 14.6 Å². The van der Waals surface area contributed by atoms with Crippen molar-refractivity contribution in [2.75, 3.05) is 6.61 Å². The number of fused-ring (bicyclic) bond motifs is 1. The summed E-state index contributed by atoms with van der Waals surface area (Å²) in [5.41, 5.74) is 4.42. The largest absolute Gasteiger partial charge is 0.489 e. The van der Waals surface area contributed by atoms with Crippen molar-refractivity contribution in [3.63, 3.8) is 0 Å².